The molecule has 1 heteroatoms. The fourth-order valence-corrected chi connectivity index (χ4v) is 1.71. The second-order valence-corrected chi connectivity index (χ2v) is 5.54. The Morgan fingerprint density at radius 3 is 2.24 bits per heavy atom. The van der Waals surface area contributed by atoms with E-state index in [1.807, 2.05) is 13.2 Å². The first-order valence-electron chi connectivity index (χ1n) is 6.30. The van der Waals surface area contributed by atoms with Crippen molar-refractivity contribution in [1.29, 1.82) is 0 Å². The van der Waals surface area contributed by atoms with E-state index in [0.717, 1.165) is 13.0 Å². The zero-order chi connectivity index (χ0) is 12.9. The second-order valence-electron chi connectivity index (χ2n) is 5.54. The van der Waals surface area contributed by atoms with Gasteiger partial charge in [0.05, 0.1) is 12.9 Å². The molecule has 17 heavy (non-hydrogen) atoms. The van der Waals surface area contributed by atoms with Crippen LogP contribution in [0.25, 0.3) is 0 Å². The molecule has 0 amide bonds. The van der Waals surface area contributed by atoms with Crippen LogP contribution in [0, 0.1) is 0 Å². The summed E-state index contributed by atoms with van der Waals surface area (Å²) in [4.78, 5) is 0. The quantitative estimate of drug-likeness (QED) is 0.696. The van der Waals surface area contributed by atoms with Crippen molar-refractivity contribution in [2.45, 2.75) is 46.5 Å². The van der Waals surface area contributed by atoms with Crippen LogP contribution in [-0.4, -0.2) is 6.61 Å². The molecule has 0 bridgehead atoms. The van der Waals surface area contributed by atoms with Crippen LogP contribution in [0.1, 0.15) is 45.7 Å². The lowest BCUT2D eigenvalue weighted by molar-refractivity contribution is 0.265. The zero-order valence-corrected chi connectivity index (χ0v) is 11.7. The highest BCUT2D eigenvalue weighted by atomic mass is 16.5. The molecule has 0 heterocycles. The molecule has 0 aromatic heterocycles. The van der Waals surface area contributed by atoms with Gasteiger partial charge in [0, 0.05) is 0 Å². The summed E-state index contributed by atoms with van der Waals surface area (Å²) < 4.78 is 5.28. The number of ether oxygens (including phenoxy) is 1. The van der Waals surface area contributed by atoms with E-state index in [9.17, 15) is 0 Å². The third-order valence-electron chi connectivity index (χ3n) is 2.75. The van der Waals surface area contributed by atoms with Crippen LogP contribution in [0.5, 0.6) is 0 Å². The highest BCUT2D eigenvalue weighted by Crippen LogP contribution is 2.22. The summed E-state index contributed by atoms with van der Waals surface area (Å²) in [7, 11) is 0. The van der Waals surface area contributed by atoms with E-state index in [1.165, 1.54) is 16.7 Å². The van der Waals surface area contributed by atoms with Gasteiger partial charge < -0.3 is 4.74 Å². The van der Waals surface area contributed by atoms with Crippen LogP contribution in [-0.2, 0) is 16.6 Å². The maximum atomic E-state index is 5.28. The van der Waals surface area contributed by atoms with Crippen LogP contribution in [0.3, 0.4) is 0 Å². The standard InChI is InChI=1S/C16H24O/c1-6-17-12-13(2)11-14-7-9-15(10-8-14)16(3,4)5/h7-10,12H,6,11H2,1-5H3/b13-12+. The highest BCUT2D eigenvalue weighted by molar-refractivity contribution is 5.29. The van der Waals surface area contributed by atoms with Crippen molar-refractivity contribution in [3.63, 3.8) is 0 Å². The Morgan fingerprint density at radius 2 is 1.76 bits per heavy atom. The molecule has 0 aliphatic heterocycles. The van der Waals surface area contributed by atoms with E-state index >= 15 is 0 Å². The van der Waals surface area contributed by atoms with E-state index in [2.05, 4.69) is 52.0 Å². The van der Waals surface area contributed by atoms with E-state index in [0.29, 0.717) is 0 Å². The van der Waals surface area contributed by atoms with Gasteiger partial charge in [0.2, 0.25) is 0 Å². The van der Waals surface area contributed by atoms with Gasteiger partial charge in [0.1, 0.15) is 0 Å². The Morgan fingerprint density at radius 1 is 1.18 bits per heavy atom. The fourth-order valence-electron chi connectivity index (χ4n) is 1.71. The molecule has 0 saturated heterocycles. The minimum Gasteiger partial charge on any atom is -0.502 e. The molecule has 94 valence electrons. The molecular weight excluding hydrogens is 208 g/mol. The van der Waals surface area contributed by atoms with Crippen molar-refractivity contribution in [2.24, 2.45) is 0 Å². The molecule has 0 fully saturated rings. The monoisotopic (exact) mass is 232 g/mol. The smallest absolute Gasteiger partial charge is 0.0845 e. The molecule has 1 rings (SSSR count). The molecule has 0 aliphatic carbocycles. The first-order chi connectivity index (χ1) is 7.93. The number of hydrogen-bond acceptors (Lipinski definition) is 1. The normalized spacial score (nSPS) is 12.6. The number of benzene rings is 1. The first kappa shape index (κ1) is 13.8. The Kier molecular flexibility index (Phi) is 4.80. The summed E-state index contributed by atoms with van der Waals surface area (Å²) in [5.41, 5.74) is 4.21. The van der Waals surface area contributed by atoms with Gasteiger partial charge in [-0.1, -0.05) is 45.0 Å². The van der Waals surface area contributed by atoms with E-state index < -0.39 is 0 Å². The number of rotatable bonds is 4. The third-order valence-corrected chi connectivity index (χ3v) is 2.75. The molecule has 0 saturated carbocycles. The van der Waals surface area contributed by atoms with Crippen molar-refractivity contribution in [3.05, 3.63) is 47.2 Å². The Labute approximate surface area is 106 Å². The number of hydrogen-bond donors (Lipinski definition) is 0. The van der Waals surface area contributed by atoms with E-state index in [4.69, 9.17) is 4.74 Å². The van der Waals surface area contributed by atoms with Crippen LogP contribution >= 0.6 is 0 Å². The third kappa shape index (κ3) is 4.64. The minimum absolute atomic E-state index is 0.231. The van der Waals surface area contributed by atoms with Crippen molar-refractivity contribution in [1.82, 2.24) is 0 Å². The molecule has 1 nitrogen and oxygen atoms in total. The maximum Gasteiger partial charge on any atom is 0.0845 e. The number of allylic oxidation sites excluding steroid dienone is 1. The molecule has 0 unspecified atom stereocenters. The summed E-state index contributed by atoms with van der Waals surface area (Å²) in [6.45, 7) is 11.6. The lowest BCUT2D eigenvalue weighted by Gasteiger charge is -2.19. The Balaban J connectivity index is 2.69. The molecule has 0 aliphatic rings. The van der Waals surface area contributed by atoms with Gasteiger partial charge in [0.15, 0.2) is 0 Å². The average Bonchev–Trinajstić information content (AvgIpc) is 2.26. The SMILES string of the molecule is CCO/C=C(\C)Cc1ccc(C(C)(C)C)cc1. The predicted octanol–water partition coefficient (Wildman–Crippen LogP) is 4.47. The highest BCUT2D eigenvalue weighted by Gasteiger charge is 2.12. The van der Waals surface area contributed by atoms with E-state index in [-0.39, 0.29) is 5.41 Å². The molecule has 0 spiro atoms. The van der Waals surface area contributed by atoms with Gasteiger partial charge in [-0.05, 0) is 42.4 Å². The van der Waals surface area contributed by atoms with Crippen LogP contribution in [0.15, 0.2) is 36.1 Å². The molecule has 0 radical (unpaired) electrons. The zero-order valence-electron chi connectivity index (χ0n) is 11.7. The molecule has 0 atom stereocenters. The van der Waals surface area contributed by atoms with Crippen molar-refractivity contribution in [3.8, 4) is 0 Å². The first-order valence-corrected chi connectivity index (χ1v) is 6.30. The Hall–Kier alpha value is -1.24. The van der Waals surface area contributed by atoms with Gasteiger partial charge in [-0.2, -0.15) is 0 Å². The summed E-state index contributed by atoms with van der Waals surface area (Å²) in [5, 5.41) is 0. The Bertz CT molecular complexity index is 366. The molecule has 1 aromatic carbocycles. The maximum absolute atomic E-state index is 5.28. The van der Waals surface area contributed by atoms with Gasteiger partial charge >= 0.3 is 0 Å². The van der Waals surface area contributed by atoms with Gasteiger partial charge in [-0.25, -0.2) is 0 Å². The van der Waals surface area contributed by atoms with Crippen molar-refractivity contribution in [2.75, 3.05) is 6.61 Å². The second kappa shape index (κ2) is 5.90. The predicted molar refractivity (Wildman–Crippen MR) is 74.2 cm³/mol. The molecule has 0 N–H and O–H groups in total. The van der Waals surface area contributed by atoms with Crippen LogP contribution in [0.2, 0.25) is 0 Å². The average molecular weight is 232 g/mol. The van der Waals surface area contributed by atoms with Crippen LogP contribution in [0.4, 0.5) is 0 Å². The van der Waals surface area contributed by atoms with Crippen molar-refractivity contribution < 1.29 is 4.74 Å². The van der Waals surface area contributed by atoms with Crippen molar-refractivity contribution >= 4 is 0 Å². The molecular formula is C16H24O. The van der Waals surface area contributed by atoms with Gasteiger partial charge in [-0.3, -0.25) is 0 Å². The lowest BCUT2D eigenvalue weighted by atomic mass is 9.86. The minimum atomic E-state index is 0.231. The topological polar surface area (TPSA) is 9.23 Å². The summed E-state index contributed by atoms with van der Waals surface area (Å²) in [5.74, 6) is 0. The lowest BCUT2D eigenvalue weighted by Crippen LogP contribution is -2.10. The van der Waals surface area contributed by atoms with Gasteiger partial charge in [0.25, 0.3) is 0 Å². The largest absolute Gasteiger partial charge is 0.502 e. The summed E-state index contributed by atoms with van der Waals surface area (Å²) >= 11 is 0. The van der Waals surface area contributed by atoms with Gasteiger partial charge in [-0.15, -0.1) is 0 Å². The van der Waals surface area contributed by atoms with Crippen LogP contribution < -0.4 is 0 Å². The summed E-state index contributed by atoms with van der Waals surface area (Å²) in [6, 6.07) is 8.88. The van der Waals surface area contributed by atoms with E-state index in [1.54, 1.807) is 0 Å². The summed E-state index contributed by atoms with van der Waals surface area (Å²) in [6.07, 6.45) is 2.82. The fraction of sp³-hybridized carbons (Fsp3) is 0.500. The molecule has 1 aromatic rings.